The average Bonchev–Trinajstić information content (AvgIpc) is 3.33. The number of rotatable bonds is 5. The van der Waals surface area contributed by atoms with E-state index in [-0.39, 0.29) is 17.0 Å². The quantitative estimate of drug-likeness (QED) is 0.339. The molecule has 2 heterocycles. The first-order valence-electron chi connectivity index (χ1n) is 11.1. The lowest BCUT2D eigenvalue weighted by molar-refractivity contribution is 0.00578. The summed E-state index contributed by atoms with van der Waals surface area (Å²) in [6.45, 7) is 7.85. The first-order valence-corrected chi connectivity index (χ1v) is 11.1. The van der Waals surface area contributed by atoms with E-state index in [1.54, 1.807) is 42.5 Å². The molecule has 1 aliphatic heterocycles. The van der Waals surface area contributed by atoms with Crippen LogP contribution in [0, 0.1) is 0 Å². The molecule has 0 spiro atoms. The number of methoxy groups -OCH3 is 2. The van der Waals surface area contributed by atoms with Crippen molar-refractivity contribution < 1.29 is 28.4 Å². The molecule has 35 heavy (non-hydrogen) atoms. The molecule has 0 saturated carbocycles. The Hall–Kier alpha value is -3.63. The number of hydrogen-bond donors (Lipinski definition) is 1. The Bertz CT molecular complexity index is 1270. The fourth-order valence-electron chi connectivity index (χ4n) is 3.85. The van der Waals surface area contributed by atoms with E-state index in [0.29, 0.717) is 22.4 Å². The predicted octanol–water partition coefficient (Wildman–Crippen LogP) is 2.99. The molecule has 3 aromatic rings. The fraction of sp³-hybridized carbons (Fsp3) is 0.320. The smallest absolute Gasteiger partial charge is 0.465 e. The second kappa shape index (κ2) is 8.86. The van der Waals surface area contributed by atoms with Crippen LogP contribution >= 0.6 is 0 Å². The lowest BCUT2D eigenvalue weighted by Crippen LogP contribution is -2.41. The van der Waals surface area contributed by atoms with Gasteiger partial charge < -0.3 is 24.5 Å². The Balaban J connectivity index is 1.93. The van der Waals surface area contributed by atoms with Gasteiger partial charge in [0.15, 0.2) is 5.69 Å². The Kier molecular flexibility index (Phi) is 6.20. The van der Waals surface area contributed by atoms with Crippen molar-refractivity contribution in [2.24, 2.45) is 0 Å². The second-order valence-electron chi connectivity index (χ2n) is 9.24. The van der Waals surface area contributed by atoms with Crippen molar-refractivity contribution in [3.8, 4) is 16.9 Å². The molecule has 1 aromatic heterocycles. The Morgan fingerprint density at radius 3 is 2.11 bits per heavy atom. The third-order valence-electron chi connectivity index (χ3n) is 6.51. The molecule has 2 N–H and O–H groups in total. The van der Waals surface area contributed by atoms with Gasteiger partial charge in [0, 0.05) is 11.3 Å². The number of ether oxygens (including phenoxy) is 2. The molecule has 4 rings (SSSR count). The minimum Gasteiger partial charge on any atom is -0.465 e. The summed E-state index contributed by atoms with van der Waals surface area (Å²) in [5.74, 6) is -1.49. The SMILES string of the molecule is COC(=O)c1c(-c2cc(B3OC(C)(C)C(C)(C)O3)ccc2N)nn(-c2ccccc2)c1C(=O)OC. The summed E-state index contributed by atoms with van der Waals surface area (Å²) in [6.07, 6.45) is 0. The number of carbonyl (C=O) groups is 2. The largest absolute Gasteiger partial charge is 0.494 e. The number of esters is 2. The molecular formula is C25H28BN3O6. The predicted molar refractivity (Wildman–Crippen MR) is 132 cm³/mol. The topological polar surface area (TPSA) is 115 Å². The number of para-hydroxylation sites is 1. The Labute approximate surface area is 204 Å². The molecule has 0 radical (unpaired) electrons. The van der Waals surface area contributed by atoms with Gasteiger partial charge in [-0.15, -0.1) is 0 Å². The molecule has 0 aliphatic carbocycles. The van der Waals surface area contributed by atoms with E-state index in [2.05, 4.69) is 5.10 Å². The van der Waals surface area contributed by atoms with Crippen LogP contribution in [0.25, 0.3) is 16.9 Å². The van der Waals surface area contributed by atoms with Crippen molar-refractivity contribution in [3.05, 3.63) is 59.8 Å². The monoisotopic (exact) mass is 477 g/mol. The fourth-order valence-corrected chi connectivity index (χ4v) is 3.85. The van der Waals surface area contributed by atoms with Crippen LogP contribution in [0.15, 0.2) is 48.5 Å². The van der Waals surface area contributed by atoms with Gasteiger partial charge in [0.05, 0.1) is 31.1 Å². The van der Waals surface area contributed by atoms with Crippen LogP contribution in [-0.2, 0) is 18.8 Å². The highest BCUT2D eigenvalue weighted by Gasteiger charge is 2.51. The maximum Gasteiger partial charge on any atom is 0.494 e. The van der Waals surface area contributed by atoms with E-state index < -0.39 is 30.3 Å². The molecule has 0 amide bonds. The van der Waals surface area contributed by atoms with E-state index in [9.17, 15) is 9.59 Å². The molecule has 0 unspecified atom stereocenters. The summed E-state index contributed by atoms with van der Waals surface area (Å²) in [6, 6.07) is 14.2. The van der Waals surface area contributed by atoms with Crippen LogP contribution in [0.4, 0.5) is 5.69 Å². The molecule has 10 heteroatoms. The Morgan fingerprint density at radius 2 is 1.54 bits per heavy atom. The molecule has 1 saturated heterocycles. The van der Waals surface area contributed by atoms with Crippen molar-refractivity contribution in [3.63, 3.8) is 0 Å². The van der Waals surface area contributed by atoms with Gasteiger partial charge in [0.1, 0.15) is 11.3 Å². The lowest BCUT2D eigenvalue weighted by Gasteiger charge is -2.32. The van der Waals surface area contributed by atoms with Crippen LogP contribution in [0.5, 0.6) is 0 Å². The van der Waals surface area contributed by atoms with Crippen molar-refractivity contribution in [1.29, 1.82) is 0 Å². The maximum absolute atomic E-state index is 12.9. The zero-order valence-corrected chi connectivity index (χ0v) is 20.6. The standard InChI is InChI=1S/C25H28BN3O6/c1-24(2)25(3,4)35-26(34-24)15-12-13-18(27)17(14-15)20-19(22(30)32-5)21(23(31)33-6)29(28-20)16-10-8-7-9-11-16/h7-14H,27H2,1-6H3. The van der Waals surface area contributed by atoms with Gasteiger partial charge >= 0.3 is 19.1 Å². The van der Waals surface area contributed by atoms with Gasteiger partial charge in [-0.05, 0) is 51.4 Å². The first-order chi connectivity index (χ1) is 16.5. The van der Waals surface area contributed by atoms with Crippen LogP contribution in [0.1, 0.15) is 48.5 Å². The van der Waals surface area contributed by atoms with E-state index in [1.165, 1.54) is 18.9 Å². The van der Waals surface area contributed by atoms with Crippen molar-refractivity contribution in [2.45, 2.75) is 38.9 Å². The number of nitrogens with zero attached hydrogens (tertiary/aromatic N) is 2. The summed E-state index contributed by atoms with van der Waals surface area (Å²) in [5, 5.41) is 4.63. The van der Waals surface area contributed by atoms with Crippen LogP contribution in [-0.4, -0.2) is 54.3 Å². The third-order valence-corrected chi connectivity index (χ3v) is 6.51. The normalized spacial score (nSPS) is 16.2. The molecule has 182 valence electrons. The van der Waals surface area contributed by atoms with E-state index in [0.717, 1.165) is 0 Å². The minimum absolute atomic E-state index is 0.0547. The molecule has 9 nitrogen and oxygen atoms in total. The molecule has 1 fully saturated rings. The van der Waals surface area contributed by atoms with Gasteiger partial charge in [-0.3, -0.25) is 0 Å². The Morgan fingerprint density at radius 1 is 0.943 bits per heavy atom. The van der Waals surface area contributed by atoms with Gasteiger partial charge in [-0.1, -0.05) is 30.3 Å². The molecule has 0 atom stereocenters. The summed E-state index contributed by atoms with van der Waals surface area (Å²) in [5.41, 5.74) is 7.35. The maximum atomic E-state index is 12.9. The van der Waals surface area contributed by atoms with Crippen molar-refractivity contribution >= 4 is 30.2 Å². The number of anilines is 1. The number of benzene rings is 2. The summed E-state index contributed by atoms with van der Waals surface area (Å²) in [4.78, 5) is 25.8. The van der Waals surface area contributed by atoms with Crippen LogP contribution < -0.4 is 11.2 Å². The average molecular weight is 477 g/mol. The van der Waals surface area contributed by atoms with E-state index in [4.69, 9.17) is 24.5 Å². The molecule has 0 bridgehead atoms. The zero-order chi connectivity index (χ0) is 25.5. The summed E-state index contributed by atoms with van der Waals surface area (Å²) in [7, 11) is 1.81. The van der Waals surface area contributed by atoms with Crippen LogP contribution in [0.3, 0.4) is 0 Å². The number of hydrogen-bond acceptors (Lipinski definition) is 8. The molecule has 2 aromatic carbocycles. The highest BCUT2D eigenvalue weighted by Crippen LogP contribution is 2.37. The number of aromatic nitrogens is 2. The van der Waals surface area contributed by atoms with Crippen molar-refractivity contribution in [2.75, 3.05) is 20.0 Å². The van der Waals surface area contributed by atoms with Gasteiger partial charge in [0.2, 0.25) is 0 Å². The number of nitrogen functional groups attached to an aromatic ring is 1. The number of carbonyl (C=O) groups excluding carboxylic acids is 2. The summed E-state index contributed by atoms with van der Waals surface area (Å²) >= 11 is 0. The van der Waals surface area contributed by atoms with Crippen molar-refractivity contribution in [1.82, 2.24) is 9.78 Å². The van der Waals surface area contributed by atoms with Crippen LogP contribution in [0.2, 0.25) is 0 Å². The first kappa shape index (κ1) is 24.5. The minimum atomic E-state index is -0.747. The number of nitrogens with two attached hydrogens (primary N) is 1. The molecular weight excluding hydrogens is 449 g/mol. The lowest BCUT2D eigenvalue weighted by atomic mass is 9.77. The second-order valence-corrected chi connectivity index (χ2v) is 9.24. The third kappa shape index (κ3) is 4.19. The van der Waals surface area contributed by atoms with Gasteiger partial charge in [-0.2, -0.15) is 5.10 Å². The highest BCUT2D eigenvalue weighted by atomic mass is 16.7. The van der Waals surface area contributed by atoms with Gasteiger partial charge in [0.25, 0.3) is 0 Å². The highest BCUT2D eigenvalue weighted by molar-refractivity contribution is 6.62. The van der Waals surface area contributed by atoms with E-state index >= 15 is 0 Å². The summed E-state index contributed by atoms with van der Waals surface area (Å²) < 4.78 is 23.7. The molecule has 1 aliphatic rings. The van der Waals surface area contributed by atoms with E-state index in [1.807, 2.05) is 33.8 Å². The van der Waals surface area contributed by atoms with Gasteiger partial charge in [-0.25, -0.2) is 14.3 Å². The zero-order valence-electron chi connectivity index (χ0n) is 20.6.